The summed E-state index contributed by atoms with van der Waals surface area (Å²) in [4.78, 5) is 22.5. The Morgan fingerprint density at radius 3 is 2.35 bits per heavy atom. The number of fused-ring (bicyclic) bond motifs is 1. The van der Waals surface area contributed by atoms with Crippen LogP contribution in [0.15, 0.2) is 107 Å². The van der Waals surface area contributed by atoms with E-state index in [9.17, 15) is 4.79 Å². The second-order valence-corrected chi connectivity index (χ2v) is 10.1. The van der Waals surface area contributed by atoms with Crippen molar-refractivity contribution in [2.75, 3.05) is 31.1 Å². The van der Waals surface area contributed by atoms with E-state index in [0.717, 1.165) is 48.2 Å². The number of thioether (sulfide) groups is 1. The van der Waals surface area contributed by atoms with Gasteiger partial charge in [-0.25, -0.2) is 0 Å². The van der Waals surface area contributed by atoms with Crippen LogP contribution in [-0.4, -0.2) is 42.2 Å². The van der Waals surface area contributed by atoms with Gasteiger partial charge in [0, 0.05) is 42.8 Å². The van der Waals surface area contributed by atoms with Crippen LogP contribution in [-0.2, 0) is 11.4 Å². The minimum absolute atomic E-state index is 0.186. The number of hydrogen-bond acceptors (Lipinski definition) is 5. The fraction of sp³-hybridized carbons (Fsp3) is 0.161. The van der Waals surface area contributed by atoms with E-state index < -0.39 is 0 Å². The lowest BCUT2D eigenvalue weighted by molar-refractivity contribution is -0.113. The quantitative estimate of drug-likeness (QED) is 0.302. The first-order valence-electron chi connectivity index (χ1n) is 12.5. The molecule has 4 aromatic carbocycles. The van der Waals surface area contributed by atoms with E-state index in [-0.39, 0.29) is 5.91 Å². The molecule has 5 nitrogen and oxygen atoms in total. The van der Waals surface area contributed by atoms with Crippen LogP contribution in [0.2, 0.25) is 0 Å². The van der Waals surface area contributed by atoms with E-state index in [1.165, 1.54) is 28.2 Å². The van der Waals surface area contributed by atoms with Gasteiger partial charge in [0.05, 0.1) is 4.91 Å². The molecule has 0 aromatic heterocycles. The largest absolute Gasteiger partial charge is 0.488 e. The summed E-state index contributed by atoms with van der Waals surface area (Å²) in [5.74, 6) is 0.568. The zero-order valence-corrected chi connectivity index (χ0v) is 21.2. The highest BCUT2D eigenvalue weighted by atomic mass is 32.2. The van der Waals surface area contributed by atoms with Crippen LogP contribution >= 0.6 is 11.8 Å². The molecule has 6 rings (SSSR count). The second kappa shape index (κ2) is 10.5. The Morgan fingerprint density at radius 2 is 1.49 bits per heavy atom. The molecular formula is C31H27N3O2S. The number of amidine groups is 1. The Kier molecular flexibility index (Phi) is 6.65. The van der Waals surface area contributed by atoms with Crippen molar-refractivity contribution in [1.82, 2.24) is 4.90 Å². The lowest BCUT2D eigenvalue weighted by Crippen LogP contribution is -2.47. The molecule has 2 heterocycles. The fourth-order valence-electron chi connectivity index (χ4n) is 4.76. The van der Waals surface area contributed by atoms with Crippen LogP contribution in [0.5, 0.6) is 5.75 Å². The molecule has 0 radical (unpaired) electrons. The first-order valence-corrected chi connectivity index (χ1v) is 13.3. The van der Waals surface area contributed by atoms with Crippen molar-refractivity contribution in [3.05, 3.63) is 113 Å². The van der Waals surface area contributed by atoms with Gasteiger partial charge in [-0.3, -0.25) is 4.79 Å². The maximum atomic E-state index is 12.8. The number of nitrogens with zero attached hydrogens (tertiary/aromatic N) is 3. The van der Waals surface area contributed by atoms with Crippen molar-refractivity contribution in [2.24, 2.45) is 4.99 Å². The first-order chi connectivity index (χ1) is 18.2. The predicted octanol–water partition coefficient (Wildman–Crippen LogP) is 6.21. The third-order valence-corrected chi connectivity index (χ3v) is 7.75. The van der Waals surface area contributed by atoms with Crippen molar-refractivity contribution >= 4 is 45.4 Å². The number of carbonyl (C=O) groups is 1. The van der Waals surface area contributed by atoms with Gasteiger partial charge in [0.25, 0.3) is 5.91 Å². The molecule has 1 amide bonds. The molecule has 0 N–H and O–H groups in total. The van der Waals surface area contributed by atoms with Crippen molar-refractivity contribution in [2.45, 2.75) is 6.61 Å². The number of rotatable bonds is 5. The van der Waals surface area contributed by atoms with Crippen LogP contribution in [0.1, 0.15) is 11.1 Å². The summed E-state index contributed by atoms with van der Waals surface area (Å²) in [5, 5.41) is 3.32. The number of para-hydroxylation sites is 1. The Morgan fingerprint density at radius 1 is 0.784 bits per heavy atom. The summed E-state index contributed by atoms with van der Waals surface area (Å²) in [7, 11) is 0. The monoisotopic (exact) mass is 505 g/mol. The molecular weight excluding hydrogens is 478 g/mol. The summed E-state index contributed by atoms with van der Waals surface area (Å²) in [5.41, 5.74) is 3.25. The molecule has 184 valence electrons. The number of carbonyl (C=O) groups excluding carboxylic acids is 1. The van der Waals surface area contributed by atoms with Crippen LogP contribution in [0.3, 0.4) is 0 Å². The number of hydrogen-bond donors (Lipinski definition) is 0. The van der Waals surface area contributed by atoms with Gasteiger partial charge in [-0.1, -0.05) is 84.9 Å². The molecule has 1 fully saturated rings. The van der Waals surface area contributed by atoms with Crippen LogP contribution in [0.4, 0.5) is 5.69 Å². The van der Waals surface area contributed by atoms with E-state index in [2.05, 4.69) is 57.3 Å². The molecule has 2 aliphatic rings. The van der Waals surface area contributed by atoms with E-state index in [1.807, 2.05) is 60.7 Å². The highest BCUT2D eigenvalue weighted by Crippen LogP contribution is 2.34. The standard InChI is InChI=1S/C31H27N3O2S/c35-30-29(21-25-12-5-7-16-28(25)36-22-23-9-2-1-3-10-23)37-31(32-30)34-19-17-33(18-20-34)27-15-8-13-24-11-4-6-14-26(24)27/h1-16,21H,17-20,22H2. The lowest BCUT2D eigenvalue weighted by atomic mass is 10.1. The van der Waals surface area contributed by atoms with Gasteiger partial charge in [-0.05, 0) is 40.9 Å². The normalized spacial score (nSPS) is 16.9. The molecule has 1 saturated heterocycles. The minimum atomic E-state index is -0.186. The number of ether oxygens (including phenoxy) is 1. The molecule has 0 spiro atoms. The molecule has 2 aliphatic heterocycles. The molecule has 4 aromatic rings. The first kappa shape index (κ1) is 23.4. The smallest absolute Gasteiger partial charge is 0.286 e. The molecule has 0 bridgehead atoms. The average Bonchev–Trinajstić information content (AvgIpc) is 3.32. The molecule has 0 unspecified atom stereocenters. The van der Waals surface area contributed by atoms with Crippen molar-refractivity contribution in [1.29, 1.82) is 0 Å². The third-order valence-electron chi connectivity index (χ3n) is 6.71. The fourth-order valence-corrected chi connectivity index (χ4v) is 5.72. The zero-order valence-electron chi connectivity index (χ0n) is 20.4. The summed E-state index contributed by atoms with van der Waals surface area (Å²) in [6.45, 7) is 3.90. The van der Waals surface area contributed by atoms with Gasteiger partial charge in [-0.2, -0.15) is 4.99 Å². The van der Waals surface area contributed by atoms with Crippen LogP contribution in [0.25, 0.3) is 16.8 Å². The molecule has 0 aliphatic carbocycles. The lowest BCUT2D eigenvalue weighted by Gasteiger charge is -2.37. The van der Waals surface area contributed by atoms with Gasteiger partial charge in [0.15, 0.2) is 5.17 Å². The molecule has 37 heavy (non-hydrogen) atoms. The zero-order chi connectivity index (χ0) is 25.0. The number of aliphatic imine (C=N–C) groups is 1. The number of benzene rings is 4. The van der Waals surface area contributed by atoms with Crippen molar-refractivity contribution in [3.8, 4) is 5.75 Å². The third kappa shape index (κ3) is 5.11. The van der Waals surface area contributed by atoms with E-state index in [0.29, 0.717) is 11.5 Å². The van der Waals surface area contributed by atoms with E-state index >= 15 is 0 Å². The molecule has 6 heteroatoms. The van der Waals surface area contributed by atoms with E-state index in [1.54, 1.807) is 0 Å². The minimum Gasteiger partial charge on any atom is -0.488 e. The summed E-state index contributed by atoms with van der Waals surface area (Å²) < 4.78 is 6.08. The Bertz CT molecular complexity index is 1490. The van der Waals surface area contributed by atoms with Crippen LogP contribution < -0.4 is 9.64 Å². The van der Waals surface area contributed by atoms with Gasteiger partial charge in [-0.15, -0.1) is 0 Å². The topological polar surface area (TPSA) is 45.1 Å². The van der Waals surface area contributed by atoms with Crippen LogP contribution in [0, 0.1) is 0 Å². The Hall–Kier alpha value is -4.03. The summed E-state index contributed by atoms with van der Waals surface area (Å²) >= 11 is 1.46. The maximum Gasteiger partial charge on any atom is 0.286 e. The molecule has 0 saturated carbocycles. The van der Waals surface area contributed by atoms with E-state index in [4.69, 9.17) is 4.74 Å². The SMILES string of the molecule is O=C1N=C(N2CCN(c3cccc4ccccc34)CC2)SC1=Cc1ccccc1OCc1ccccc1. The maximum absolute atomic E-state index is 12.8. The number of anilines is 1. The Balaban J connectivity index is 1.12. The van der Waals surface area contributed by atoms with Gasteiger partial charge < -0.3 is 14.5 Å². The highest BCUT2D eigenvalue weighted by Gasteiger charge is 2.29. The number of piperazine rings is 1. The van der Waals surface area contributed by atoms with Crippen molar-refractivity contribution < 1.29 is 9.53 Å². The molecule has 0 atom stereocenters. The van der Waals surface area contributed by atoms with Gasteiger partial charge in [0.2, 0.25) is 0 Å². The summed E-state index contributed by atoms with van der Waals surface area (Å²) in [6, 6.07) is 32.9. The highest BCUT2D eigenvalue weighted by molar-refractivity contribution is 8.18. The second-order valence-electron chi connectivity index (χ2n) is 9.09. The van der Waals surface area contributed by atoms with Gasteiger partial charge >= 0.3 is 0 Å². The Labute approximate surface area is 221 Å². The predicted molar refractivity (Wildman–Crippen MR) is 153 cm³/mol. The van der Waals surface area contributed by atoms with Gasteiger partial charge in [0.1, 0.15) is 12.4 Å². The van der Waals surface area contributed by atoms with Crippen molar-refractivity contribution in [3.63, 3.8) is 0 Å². The average molecular weight is 506 g/mol. The summed E-state index contributed by atoms with van der Waals surface area (Å²) in [6.07, 6.45) is 1.90. The number of amides is 1.